The molecule has 2 bridgehead atoms. The molecular weight excluding hydrogens is 851 g/mol. The fourth-order valence-electron chi connectivity index (χ4n) is 8.43. The Labute approximate surface area is 382 Å². The van der Waals surface area contributed by atoms with Crippen molar-refractivity contribution in [3.8, 4) is 0 Å². The van der Waals surface area contributed by atoms with E-state index >= 15 is 0 Å². The summed E-state index contributed by atoms with van der Waals surface area (Å²) in [5, 5.41) is 78.7. The molecule has 1 aliphatic heterocycles. The first-order valence-electron chi connectivity index (χ1n) is 24.6. The van der Waals surface area contributed by atoms with Crippen LogP contribution in [0.15, 0.2) is 12.2 Å². The number of unbranched alkanes of at least 4 members (excludes halogenated alkanes) is 16. The van der Waals surface area contributed by atoms with E-state index in [0.717, 1.165) is 38.5 Å². The zero-order chi connectivity index (χ0) is 47.3. The maximum atomic E-state index is 13.6. The molecule has 1 saturated carbocycles. The smallest absolute Gasteiger partial charge is 0.462 e. The first-order valence-corrected chi connectivity index (χ1v) is 26.1. The Morgan fingerprint density at radius 3 is 1.88 bits per heavy atom. The summed E-state index contributed by atoms with van der Waals surface area (Å²) in [6.07, 6.45) is 5.91. The lowest BCUT2D eigenvalue weighted by molar-refractivity contribution is -0.166. The molecule has 8 N–H and O–H groups in total. The zero-order valence-electron chi connectivity index (χ0n) is 38.8. The summed E-state index contributed by atoms with van der Waals surface area (Å²) in [4.78, 5) is 50.1. The number of aliphatic hydroxyl groups is 7. The number of ether oxygens (including phenoxy) is 2. The van der Waals surface area contributed by atoms with E-state index in [2.05, 4.69) is 6.92 Å². The zero-order valence-corrected chi connectivity index (χ0v) is 39.7. The summed E-state index contributed by atoms with van der Waals surface area (Å²) >= 11 is 0. The summed E-state index contributed by atoms with van der Waals surface area (Å²) in [5.74, 6) is -4.88. The van der Waals surface area contributed by atoms with Gasteiger partial charge >= 0.3 is 19.8 Å². The van der Waals surface area contributed by atoms with Crippen molar-refractivity contribution in [3.05, 3.63) is 12.2 Å². The Balaban J connectivity index is 2.17. The molecule has 17 heteroatoms. The molecule has 1 heterocycles. The second kappa shape index (κ2) is 33.6. The predicted octanol–water partition coefficient (Wildman–Crippen LogP) is 6.43. The van der Waals surface area contributed by atoms with Gasteiger partial charge in [-0.2, -0.15) is 0 Å². The molecule has 0 amide bonds. The number of phosphoric acid groups is 1. The van der Waals surface area contributed by atoms with Crippen molar-refractivity contribution in [2.24, 2.45) is 11.8 Å². The highest BCUT2D eigenvalue weighted by Crippen LogP contribution is 2.47. The summed E-state index contributed by atoms with van der Waals surface area (Å²) in [6.45, 7) is 2.84. The molecular formula is C47H85O16P. The quantitative estimate of drug-likeness (QED) is 0.0237. The molecule has 12 atom stereocenters. The minimum atomic E-state index is -5.44. The number of hydrogen-bond acceptors (Lipinski definition) is 15. The maximum Gasteiger partial charge on any atom is 0.472 e. The minimum Gasteiger partial charge on any atom is -0.462 e. The average Bonchev–Trinajstić information content (AvgIpc) is 3.26. The van der Waals surface area contributed by atoms with E-state index in [1.807, 2.05) is 6.92 Å². The summed E-state index contributed by atoms with van der Waals surface area (Å²) < 4.78 is 34.7. The van der Waals surface area contributed by atoms with Crippen LogP contribution in [0.3, 0.4) is 0 Å². The van der Waals surface area contributed by atoms with Crippen molar-refractivity contribution in [1.82, 2.24) is 0 Å². The van der Waals surface area contributed by atoms with Crippen LogP contribution in [0.25, 0.3) is 0 Å². The Bertz CT molecular complexity index is 1350. The van der Waals surface area contributed by atoms with E-state index in [0.29, 0.717) is 44.9 Å². The molecule has 2 fully saturated rings. The van der Waals surface area contributed by atoms with Crippen LogP contribution in [0.5, 0.6) is 0 Å². The molecule has 0 spiro atoms. The third kappa shape index (κ3) is 23.8. The molecule has 0 radical (unpaired) electrons. The van der Waals surface area contributed by atoms with Crippen LogP contribution in [0.4, 0.5) is 0 Å². The van der Waals surface area contributed by atoms with Crippen molar-refractivity contribution in [2.75, 3.05) is 13.2 Å². The monoisotopic (exact) mass is 937 g/mol. The molecule has 2 rings (SSSR count). The van der Waals surface area contributed by atoms with Gasteiger partial charge in [0.25, 0.3) is 0 Å². The van der Waals surface area contributed by atoms with Crippen LogP contribution in [0.2, 0.25) is 0 Å². The van der Waals surface area contributed by atoms with Gasteiger partial charge < -0.3 is 50.1 Å². The molecule has 374 valence electrons. The molecule has 0 aromatic carbocycles. The standard InChI is InChI=1S/C47H85O16P/c1-3-5-7-8-9-10-11-12-13-14-15-16-17-18-24-28-41(52)62-35-32-60-40(51)27-23-20-19-22-26-36-38(49)31-39(50)37(30-29-34(48)25-21-6-4-2)43(54)45(56)47(46(57)44(55)42(36)53)63-64(58,59)61-33-35/h29-30,34-37,39,42-48,50,53-57H,3-28,31-33H2,1-2H3,(H,58,59)/b30-29+/t34-,35+,36-,37-,39+,42+,43+,44-,45+,46+,47+/m0/s1. The van der Waals surface area contributed by atoms with Crippen LogP contribution in [0.1, 0.15) is 187 Å². The number of rotatable bonds is 23. The minimum absolute atomic E-state index is 0.00552. The van der Waals surface area contributed by atoms with Gasteiger partial charge in [-0.15, -0.1) is 0 Å². The van der Waals surface area contributed by atoms with Gasteiger partial charge in [0.1, 0.15) is 36.8 Å². The van der Waals surface area contributed by atoms with E-state index in [4.69, 9.17) is 18.5 Å². The highest BCUT2D eigenvalue weighted by Gasteiger charge is 2.49. The number of fused-ring (bicyclic) bond motifs is 4. The number of aliphatic hydroxyl groups excluding tert-OH is 7. The number of carbonyl (C=O) groups is 3. The van der Waals surface area contributed by atoms with Gasteiger partial charge in [0.2, 0.25) is 0 Å². The summed E-state index contributed by atoms with van der Waals surface area (Å²) in [7, 11) is -5.44. The Kier molecular flexibility index (Phi) is 30.6. The second-order valence-corrected chi connectivity index (χ2v) is 19.5. The topological polar surface area (TPSA) is 267 Å². The van der Waals surface area contributed by atoms with Gasteiger partial charge in [-0.25, -0.2) is 4.57 Å². The van der Waals surface area contributed by atoms with Gasteiger partial charge in [0, 0.05) is 31.1 Å². The first-order chi connectivity index (χ1) is 30.6. The number of esters is 2. The molecule has 2 aliphatic rings. The second-order valence-electron chi connectivity index (χ2n) is 18.1. The molecule has 1 aliphatic carbocycles. The van der Waals surface area contributed by atoms with Gasteiger partial charge in [-0.1, -0.05) is 154 Å². The van der Waals surface area contributed by atoms with Crippen LogP contribution >= 0.6 is 7.82 Å². The third-order valence-electron chi connectivity index (χ3n) is 12.5. The lowest BCUT2D eigenvalue weighted by Crippen LogP contribution is -2.55. The van der Waals surface area contributed by atoms with Crippen LogP contribution in [-0.2, 0) is 37.5 Å². The summed E-state index contributed by atoms with van der Waals surface area (Å²) in [6, 6.07) is 0. The molecule has 0 aromatic heterocycles. The van der Waals surface area contributed by atoms with Gasteiger partial charge in [-0.3, -0.25) is 23.4 Å². The highest BCUT2D eigenvalue weighted by atomic mass is 31.2. The van der Waals surface area contributed by atoms with Crippen molar-refractivity contribution in [2.45, 2.75) is 242 Å². The number of carbonyl (C=O) groups excluding carboxylic acids is 3. The largest absolute Gasteiger partial charge is 0.472 e. The highest BCUT2D eigenvalue weighted by molar-refractivity contribution is 7.47. The van der Waals surface area contributed by atoms with E-state index in [9.17, 15) is 59.6 Å². The number of phosphoric ester groups is 1. The fraction of sp³-hybridized carbons (Fsp3) is 0.894. The van der Waals surface area contributed by atoms with Crippen LogP contribution in [-0.4, -0.2) is 127 Å². The Morgan fingerprint density at radius 2 is 1.27 bits per heavy atom. The van der Waals surface area contributed by atoms with Crippen LogP contribution in [0, 0.1) is 11.8 Å². The fourth-order valence-corrected chi connectivity index (χ4v) is 9.41. The summed E-state index contributed by atoms with van der Waals surface area (Å²) in [5.41, 5.74) is 0. The van der Waals surface area contributed by atoms with Crippen LogP contribution < -0.4 is 0 Å². The molecule has 16 nitrogen and oxygen atoms in total. The van der Waals surface area contributed by atoms with Crippen molar-refractivity contribution in [1.29, 1.82) is 0 Å². The lowest BCUT2D eigenvalue weighted by Gasteiger charge is -2.36. The lowest BCUT2D eigenvalue weighted by atomic mass is 9.83. The number of hydrogen-bond donors (Lipinski definition) is 8. The number of cyclic esters (lactones) is 1. The number of ketones is 1. The van der Waals surface area contributed by atoms with Crippen molar-refractivity contribution >= 4 is 25.5 Å². The van der Waals surface area contributed by atoms with Gasteiger partial charge in [0.15, 0.2) is 6.10 Å². The van der Waals surface area contributed by atoms with E-state index in [1.165, 1.54) is 76.4 Å². The SMILES string of the molecule is CCCCCCCCCCCCCCCCCC(=O)O[C@@H]1COC(=O)CCCCCC[C@H]2C(=O)C[C@@H](O)[C@H](/C=C/[C@@H](O)CCCCC)[C@@H](O)[C@@H](O)[C@@H](OP(=O)(O)OC1)[C@H](O)[C@@H](O)[C@@H]2O. The predicted molar refractivity (Wildman–Crippen MR) is 241 cm³/mol. The maximum absolute atomic E-state index is 13.6. The van der Waals surface area contributed by atoms with Gasteiger partial charge in [-0.05, 0) is 25.7 Å². The van der Waals surface area contributed by atoms with E-state index in [-0.39, 0.29) is 19.3 Å². The Morgan fingerprint density at radius 1 is 0.719 bits per heavy atom. The number of Topliss-reactive ketones (excluding diaryl/α,β-unsaturated/α-hetero) is 1. The Hall–Kier alpha value is -1.82. The third-order valence-corrected chi connectivity index (χ3v) is 13.5. The molecule has 0 aromatic rings. The molecule has 1 unspecified atom stereocenters. The average molecular weight is 937 g/mol. The van der Waals surface area contributed by atoms with Crippen molar-refractivity contribution < 1.29 is 78.1 Å². The van der Waals surface area contributed by atoms with Crippen molar-refractivity contribution in [3.63, 3.8) is 0 Å². The van der Waals surface area contributed by atoms with Gasteiger partial charge in [0.05, 0.1) is 31.0 Å². The molecule has 1 saturated heterocycles. The molecule has 64 heavy (non-hydrogen) atoms. The first kappa shape index (κ1) is 58.3. The van der Waals surface area contributed by atoms with E-state index in [1.54, 1.807) is 0 Å². The van der Waals surface area contributed by atoms with E-state index < -0.39 is 112 Å². The normalized spacial score (nSPS) is 31.5.